The Morgan fingerprint density at radius 1 is 1.26 bits per heavy atom. The Kier molecular flexibility index (Phi) is 5.53. The van der Waals surface area contributed by atoms with Crippen molar-refractivity contribution in [1.29, 1.82) is 0 Å². The normalized spacial score (nSPS) is 16.6. The summed E-state index contributed by atoms with van der Waals surface area (Å²) in [5.74, 6) is 0. The molecular formula is C16H25ClN2. The van der Waals surface area contributed by atoms with E-state index in [0.717, 1.165) is 18.1 Å². The van der Waals surface area contributed by atoms with E-state index in [2.05, 4.69) is 42.4 Å². The lowest BCUT2D eigenvalue weighted by Gasteiger charge is -2.33. The molecule has 0 bridgehead atoms. The first-order valence-electron chi connectivity index (χ1n) is 7.44. The third-order valence-electron chi connectivity index (χ3n) is 4.09. The van der Waals surface area contributed by atoms with Gasteiger partial charge in [0.15, 0.2) is 0 Å². The summed E-state index contributed by atoms with van der Waals surface area (Å²) in [4.78, 5) is 2.37. The summed E-state index contributed by atoms with van der Waals surface area (Å²) < 4.78 is 0. The molecule has 1 fully saturated rings. The number of anilines is 1. The maximum atomic E-state index is 6.45. The number of halogens is 1. The maximum Gasteiger partial charge on any atom is 0.0642 e. The molecule has 0 saturated heterocycles. The van der Waals surface area contributed by atoms with Crippen LogP contribution in [-0.4, -0.2) is 19.6 Å². The van der Waals surface area contributed by atoms with E-state index < -0.39 is 0 Å². The molecule has 1 aromatic rings. The molecule has 106 valence electrons. The lowest BCUT2D eigenvalue weighted by molar-refractivity contribution is 0.427. The number of nitrogens with zero attached hydrogens (tertiary/aromatic N) is 1. The van der Waals surface area contributed by atoms with Crippen LogP contribution in [-0.2, 0) is 6.54 Å². The summed E-state index contributed by atoms with van der Waals surface area (Å²) in [6, 6.07) is 7.11. The Labute approximate surface area is 122 Å². The highest BCUT2D eigenvalue weighted by Crippen LogP contribution is 2.31. The smallest absolute Gasteiger partial charge is 0.0642 e. The van der Waals surface area contributed by atoms with E-state index in [9.17, 15) is 0 Å². The first-order valence-corrected chi connectivity index (χ1v) is 7.82. The largest absolute Gasteiger partial charge is 0.370 e. The average molecular weight is 281 g/mol. The molecule has 1 N–H and O–H groups in total. The summed E-state index contributed by atoms with van der Waals surface area (Å²) in [5.41, 5.74) is 2.43. The lowest BCUT2D eigenvalue weighted by atomic mass is 9.94. The molecule has 0 radical (unpaired) electrons. The van der Waals surface area contributed by atoms with E-state index in [0.29, 0.717) is 6.04 Å². The van der Waals surface area contributed by atoms with Gasteiger partial charge >= 0.3 is 0 Å². The third-order valence-corrected chi connectivity index (χ3v) is 4.40. The van der Waals surface area contributed by atoms with Crippen molar-refractivity contribution in [3.63, 3.8) is 0 Å². The molecular weight excluding hydrogens is 256 g/mol. The van der Waals surface area contributed by atoms with Crippen LogP contribution < -0.4 is 10.2 Å². The molecule has 1 saturated carbocycles. The van der Waals surface area contributed by atoms with E-state index in [1.165, 1.54) is 43.4 Å². The monoisotopic (exact) mass is 280 g/mol. The van der Waals surface area contributed by atoms with E-state index in [1.807, 2.05) is 0 Å². The highest BCUT2D eigenvalue weighted by Gasteiger charge is 2.19. The van der Waals surface area contributed by atoms with Crippen molar-refractivity contribution in [2.24, 2.45) is 0 Å². The summed E-state index contributed by atoms with van der Waals surface area (Å²) in [7, 11) is 2.18. The van der Waals surface area contributed by atoms with Crippen LogP contribution in [0.3, 0.4) is 0 Å². The van der Waals surface area contributed by atoms with Gasteiger partial charge in [-0.2, -0.15) is 0 Å². The predicted octanol–water partition coefficient (Wildman–Crippen LogP) is 4.22. The number of rotatable bonds is 5. The maximum absolute atomic E-state index is 6.45. The zero-order valence-corrected chi connectivity index (χ0v) is 12.8. The van der Waals surface area contributed by atoms with Gasteiger partial charge in [-0.1, -0.05) is 43.9 Å². The summed E-state index contributed by atoms with van der Waals surface area (Å²) >= 11 is 6.45. The quantitative estimate of drug-likeness (QED) is 0.869. The number of hydrogen-bond donors (Lipinski definition) is 1. The van der Waals surface area contributed by atoms with Gasteiger partial charge in [-0.3, -0.25) is 0 Å². The molecule has 0 heterocycles. The fourth-order valence-electron chi connectivity index (χ4n) is 2.88. The van der Waals surface area contributed by atoms with Crippen molar-refractivity contribution >= 4 is 17.3 Å². The number of nitrogens with one attached hydrogen (secondary N) is 1. The van der Waals surface area contributed by atoms with E-state index >= 15 is 0 Å². The Bertz CT molecular complexity index is 400. The van der Waals surface area contributed by atoms with Crippen LogP contribution in [0, 0.1) is 0 Å². The van der Waals surface area contributed by atoms with Crippen LogP contribution in [0.2, 0.25) is 5.02 Å². The minimum absolute atomic E-state index is 0.658. The molecule has 2 rings (SSSR count). The van der Waals surface area contributed by atoms with Gasteiger partial charge in [0, 0.05) is 19.6 Å². The number of benzene rings is 1. The van der Waals surface area contributed by atoms with Crippen molar-refractivity contribution in [2.75, 3.05) is 18.5 Å². The molecule has 1 aliphatic carbocycles. The Balaban J connectivity index is 2.06. The zero-order valence-electron chi connectivity index (χ0n) is 12.1. The van der Waals surface area contributed by atoms with Crippen LogP contribution >= 0.6 is 11.6 Å². The average Bonchev–Trinajstić information content (AvgIpc) is 2.45. The predicted molar refractivity (Wildman–Crippen MR) is 84.1 cm³/mol. The van der Waals surface area contributed by atoms with Crippen molar-refractivity contribution in [3.8, 4) is 0 Å². The van der Waals surface area contributed by atoms with Crippen LogP contribution in [0.4, 0.5) is 5.69 Å². The van der Waals surface area contributed by atoms with Crippen molar-refractivity contribution < 1.29 is 0 Å². The second-order valence-corrected chi connectivity index (χ2v) is 5.88. The Morgan fingerprint density at radius 2 is 2.00 bits per heavy atom. The minimum atomic E-state index is 0.658. The molecule has 0 aliphatic heterocycles. The molecule has 1 aliphatic rings. The molecule has 2 nitrogen and oxygen atoms in total. The summed E-state index contributed by atoms with van der Waals surface area (Å²) in [6.07, 6.45) is 6.69. The first kappa shape index (κ1) is 14.7. The number of hydrogen-bond acceptors (Lipinski definition) is 2. The fourth-order valence-corrected chi connectivity index (χ4v) is 3.22. The van der Waals surface area contributed by atoms with Gasteiger partial charge in [0.05, 0.1) is 10.7 Å². The van der Waals surface area contributed by atoms with Crippen LogP contribution in [0.1, 0.15) is 44.6 Å². The van der Waals surface area contributed by atoms with E-state index in [-0.39, 0.29) is 0 Å². The minimum Gasteiger partial charge on any atom is -0.370 e. The van der Waals surface area contributed by atoms with Gasteiger partial charge in [0.2, 0.25) is 0 Å². The van der Waals surface area contributed by atoms with Gasteiger partial charge in [-0.25, -0.2) is 0 Å². The Hall–Kier alpha value is -0.730. The van der Waals surface area contributed by atoms with Crippen LogP contribution in [0.15, 0.2) is 18.2 Å². The molecule has 1 aromatic carbocycles. The molecule has 19 heavy (non-hydrogen) atoms. The second-order valence-electron chi connectivity index (χ2n) is 5.47. The van der Waals surface area contributed by atoms with Gasteiger partial charge in [-0.05, 0) is 37.1 Å². The highest BCUT2D eigenvalue weighted by atomic mass is 35.5. The van der Waals surface area contributed by atoms with Crippen molar-refractivity contribution in [1.82, 2.24) is 5.32 Å². The Morgan fingerprint density at radius 3 is 2.63 bits per heavy atom. The highest BCUT2D eigenvalue weighted by molar-refractivity contribution is 6.33. The molecule has 0 atom stereocenters. The zero-order chi connectivity index (χ0) is 13.7. The molecule has 0 unspecified atom stereocenters. The molecule has 0 aromatic heterocycles. The molecule has 3 heteroatoms. The van der Waals surface area contributed by atoms with E-state index in [4.69, 9.17) is 11.6 Å². The third kappa shape index (κ3) is 3.87. The first-order chi connectivity index (χ1) is 9.22. The topological polar surface area (TPSA) is 15.3 Å². The van der Waals surface area contributed by atoms with Crippen LogP contribution in [0.5, 0.6) is 0 Å². The van der Waals surface area contributed by atoms with Crippen molar-refractivity contribution in [3.05, 3.63) is 28.8 Å². The molecule has 0 amide bonds. The van der Waals surface area contributed by atoms with Gasteiger partial charge in [-0.15, -0.1) is 0 Å². The molecule has 0 spiro atoms. The SMILES string of the molecule is CCNCc1ccc(N(C)C2CCCCC2)c(Cl)c1. The lowest BCUT2D eigenvalue weighted by Crippen LogP contribution is -2.33. The van der Waals surface area contributed by atoms with E-state index in [1.54, 1.807) is 0 Å². The van der Waals surface area contributed by atoms with Crippen molar-refractivity contribution in [2.45, 2.75) is 51.6 Å². The van der Waals surface area contributed by atoms with Crippen LogP contribution in [0.25, 0.3) is 0 Å². The van der Waals surface area contributed by atoms with Gasteiger partial charge in [0.25, 0.3) is 0 Å². The second kappa shape index (κ2) is 7.16. The van der Waals surface area contributed by atoms with Gasteiger partial charge < -0.3 is 10.2 Å². The summed E-state index contributed by atoms with van der Waals surface area (Å²) in [6.45, 7) is 4.00. The standard InChI is InChI=1S/C16H25ClN2/c1-3-18-12-13-9-10-16(15(17)11-13)19(2)14-7-5-4-6-8-14/h9-11,14,18H,3-8,12H2,1-2H3. The summed E-state index contributed by atoms with van der Waals surface area (Å²) in [5, 5.41) is 4.21. The fraction of sp³-hybridized carbons (Fsp3) is 0.625. The van der Waals surface area contributed by atoms with Gasteiger partial charge in [0.1, 0.15) is 0 Å².